The van der Waals surface area contributed by atoms with Gasteiger partial charge in [-0.15, -0.1) is 0 Å². The van der Waals surface area contributed by atoms with Crippen LogP contribution in [0, 0.1) is 19.3 Å². The average Bonchev–Trinajstić information content (AvgIpc) is 2.44. The fourth-order valence-corrected chi connectivity index (χ4v) is 2.20. The summed E-state index contributed by atoms with van der Waals surface area (Å²) in [5.74, 6) is 0.508. The van der Waals surface area contributed by atoms with E-state index in [0.29, 0.717) is 5.92 Å². The van der Waals surface area contributed by atoms with Crippen LogP contribution in [0.1, 0.15) is 32.8 Å². The van der Waals surface area contributed by atoms with Gasteiger partial charge >= 0.3 is 0 Å². The zero-order valence-electron chi connectivity index (χ0n) is 13.3. The maximum Gasteiger partial charge on any atom is 0.0629 e. The zero-order valence-corrected chi connectivity index (χ0v) is 13.3. The van der Waals surface area contributed by atoms with Crippen LogP contribution in [0.3, 0.4) is 0 Å². The van der Waals surface area contributed by atoms with Gasteiger partial charge in [-0.25, -0.2) is 0 Å². The maximum absolute atomic E-state index is 4.65. The molecule has 0 N–H and O–H groups in total. The van der Waals surface area contributed by atoms with Crippen LogP contribution in [0.5, 0.6) is 0 Å². The molecule has 1 atom stereocenters. The summed E-state index contributed by atoms with van der Waals surface area (Å²) in [4.78, 5) is 9.28. The predicted octanol–water partition coefficient (Wildman–Crippen LogP) is 5.23. The summed E-state index contributed by atoms with van der Waals surface area (Å²) in [6.45, 7) is 8.36. The minimum absolute atomic E-state index is 0.508. The summed E-state index contributed by atoms with van der Waals surface area (Å²) in [5, 5.41) is 0. The molecule has 2 rings (SSSR count). The topological polar surface area (TPSA) is 24.7 Å². The lowest BCUT2D eigenvalue weighted by Crippen LogP contribution is -2.02. The molecular formula is C19H23N2. The molecule has 0 saturated heterocycles. The van der Waals surface area contributed by atoms with Crippen LogP contribution in [0.4, 0.5) is 5.69 Å². The Balaban J connectivity index is 2.00. The molecule has 0 aromatic heterocycles. The Morgan fingerprint density at radius 1 is 1.05 bits per heavy atom. The van der Waals surface area contributed by atoms with Crippen molar-refractivity contribution in [2.45, 2.75) is 34.1 Å². The summed E-state index contributed by atoms with van der Waals surface area (Å²) >= 11 is 0. The Labute approximate surface area is 128 Å². The summed E-state index contributed by atoms with van der Waals surface area (Å²) in [6, 6.07) is 8.27. The first-order chi connectivity index (χ1) is 10.0. The number of aryl methyl sites for hydroxylation is 1. The van der Waals surface area contributed by atoms with Crippen molar-refractivity contribution in [2.75, 3.05) is 0 Å². The van der Waals surface area contributed by atoms with E-state index in [1.807, 2.05) is 12.1 Å². The first-order valence-corrected chi connectivity index (χ1v) is 7.41. The SMILES string of the molecule is CC(CC(C)=Nc1ccc(C)cc1)=NC1=C[CH]C(C)C=C1. The minimum atomic E-state index is 0.508. The van der Waals surface area contributed by atoms with Crippen LogP contribution in [0.15, 0.2) is 58.2 Å². The monoisotopic (exact) mass is 279 g/mol. The van der Waals surface area contributed by atoms with Gasteiger partial charge in [0.15, 0.2) is 0 Å². The largest absolute Gasteiger partial charge is 0.258 e. The van der Waals surface area contributed by atoms with E-state index >= 15 is 0 Å². The zero-order chi connectivity index (χ0) is 15.2. The molecule has 0 fully saturated rings. The van der Waals surface area contributed by atoms with Crippen LogP contribution in [0.2, 0.25) is 0 Å². The maximum atomic E-state index is 4.65. The third kappa shape index (κ3) is 5.14. The number of nitrogens with zero attached hydrogens (tertiary/aromatic N) is 2. The van der Waals surface area contributed by atoms with E-state index in [0.717, 1.165) is 29.2 Å². The third-order valence-electron chi connectivity index (χ3n) is 3.33. The van der Waals surface area contributed by atoms with Crippen LogP contribution in [-0.2, 0) is 0 Å². The molecule has 1 aliphatic carbocycles. The van der Waals surface area contributed by atoms with Gasteiger partial charge in [0, 0.05) is 17.8 Å². The van der Waals surface area contributed by atoms with Gasteiger partial charge in [0.05, 0.1) is 11.4 Å². The second-order valence-electron chi connectivity index (χ2n) is 5.71. The fraction of sp³-hybridized carbons (Fsp3) is 0.316. The van der Waals surface area contributed by atoms with Gasteiger partial charge in [-0.05, 0) is 51.3 Å². The number of rotatable bonds is 4. The van der Waals surface area contributed by atoms with Crippen molar-refractivity contribution >= 4 is 17.1 Å². The number of hydrogen-bond donors (Lipinski definition) is 0. The van der Waals surface area contributed by atoms with Gasteiger partial charge < -0.3 is 0 Å². The Morgan fingerprint density at radius 2 is 1.71 bits per heavy atom. The van der Waals surface area contributed by atoms with Gasteiger partial charge in [0.2, 0.25) is 0 Å². The van der Waals surface area contributed by atoms with Crippen molar-refractivity contribution in [1.29, 1.82) is 0 Å². The molecule has 0 spiro atoms. The summed E-state index contributed by atoms with van der Waals surface area (Å²) in [5.41, 5.74) is 5.45. The first-order valence-electron chi connectivity index (χ1n) is 7.41. The summed E-state index contributed by atoms with van der Waals surface area (Å²) in [6.07, 6.45) is 9.30. The molecule has 0 saturated carbocycles. The highest BCUT2D eigenvalue weighted by Crippen LogP contribution is 2.17. The molecule has 1 aromatic rings. The van der Waals surface area contributed by atoms with Gasteiger partial charge in [-0.3, -0.25) is 9.98 Å². The highest BCUT2D eigenvalue weighted by atomic mass is 14.8. The summed E-state index contributed by atoms with van der Waals surface area (Å²) in [7, 11) is 0. The fourth-order valence-electron chi connectivity index (χ4n) is 2.20. The van der Waals surface area contributed by atoms with E-state index in [-0.39, 0.29) is 0 Å². The normalized spacial score (nSPS) is 19.6. The quantitative estimate of drug-likeness (QED) is 0.674. The van der Waals surface area contributed by atoms with Crippen LogP contribution < -0.4 is 0 Å². The number of hydrogen-bond acceptors (Lipinski definition) is 2. The van der Waals surface area contributed by atoms with Crippen molar-refractivity contribution in [3.63, 3.8) is 0 Å². The van der Waals surface area contributed by atoms with E-state index in [9.17, 15) is 0 Å². The highest BCUT2D eigenvalue weighted by Gasteiger charge is 2.04. The van der Waals surface area contributed by atoms with E-state index in [2.05, 4.69) is 74.5 Å². The average molecular weight is 279 g/mol. The van der Waals surface area contributed by atoms with E-state index in [1.165, 1.54) is 5.56 Å². The Hall–Kier alpha value is -1.96. The van der Waals surface area contributed by atoms with Crippen molar-refractivity contribution in [1.82, 2.24) is 0 Å². The van der Waals surface area contributed by atoms with Crippen molar-refractivity contribution in [2.24, 2.45) is 15.9 Å². The van der Waals surface area contributed by atoms with E-state index in [1.54, 1.807) is 0 Å². The molecule has 1 radical (unpaired) electrons. The van der Waals surface area contributed by atoms with Gasteiger partial charge in [-0.2, -0.15) is 0 Å². The molecule has 1 aromatic carbocycles. The third-order valence-corrected chi connectivity index (χ3v) is 3.33. The van der Waals surface area contributed by atoms with Gasteiger partial charge in [0.1, 0.15) is 0 Å². The minimum Gasteiger partial charge on any atom is -0.258 e. The number of allylic oxidation sites excluding steroid dienone is 3. The molecular weight excluding hydrogens is 256 g/mol. The Bertz CT molecular complexity index is 601. The first kappa shape index (κ1) is 15.4. The summed E-state index contributed by atoms with van der Waals surface area (Å²) < 4.78 is 0. The van der Waals surface area contributed by atoms with E-state index in [4.69, 9.17) is 0 Å². The van der Waals surface area contributed by atoms with Crippen LogP contribution in [0.25, 0.3) is 0 Å². The lowest BCUT2D eigenvalue weighted by atomic mass is 10.0. The predicted molar refractivity (Wildman–Crippen MR) is 92.4 cm³/mol. The molecule has 2 heteroatoms. The van der Waals surface area contributed by atoms with Gasteiger partial charge in [0.25, 0.3) is 0 Å². The smallest absolute Gasteiger partial charge is 0.0629 e. The second kappa shape index (κ2) is 7.16. The standard InChI is InChI=1S/C19H23N2/c1-14-5-9-18(10-6-14)20-16(3)13-17(4)21-19-11-7-15(2)8-12-19/h5-12,14H,13H2,1-4H3. The molecule has 0 heterocycles. The molecule has 109 valence electrons. The molecule has 0 bridgehead atoms. The van der Waals surface area contributed by atoms with Crippen molar-refractivity contribution in [3.8, 4) is 0 Å². The lowest BCUT2D eigenvalue weighted by molar-refractivity contribution is 0.869. The number of aliphatic imine (C=N–C) groups is 2. The van der Waals surface area contributed by atoms with Crippen molar-refractivity contribution < 1.29 is 0 Å². The molecule has 0 amide bonds. The molecule has 1 aliphatic rings. The molecule has 2 nitrogen and oxygen atoms in total. The molecule has 21 heavy (non-hydrogen) atoms. The van der Waals surface area contributed by atoms with E-state index < -0.39 is 0 Å². The van der Waals surface area contributed by atoms with Crippen molar-refractivity contribution in [3.05, 3.63) is 60.2 Å². The van der Waals surface area contributed by atoms with Crippen LogP contribution >= 0.6 is 0 Å². The lowest BCUT2D eigenvalue weighted by Gasteiger charge is -2.09. The second-order valence-corrected chi connectivity index (χ2v) is 5.71. The molecule has 0 aliphatic heterocycles. The van der Waals surface area contributed by atoms with Gasteiger partial charge in [-0.1, -0.05) is 36.8 Å². The number of benzene rings is 1. The Kier molecular flexibility index (Phi) is 5.26. The highest BCUT2D eigenvalue weighted by molar-refractivity contribution is 6.03. The molecule has 1 unspecified atom stereocenters. The Morgan fingerprint density at radius 3 is 2.33 bits per heavy atom. The van der Waals surface area contributed by atoms with Crippen LogP contribution in [-0.4, -0.2) is 11.4 Å².